The molecular formula is C18H22N4O4. The van der Waals surface area contributed by atoms with E-state index in [2.05, 4.69) is 15.5 Å². The van der Waals surface area contributed by atoms with E-state index in [1.165, 1.54) is 6.07 Å². The SMILES string of the molecule is CCOC(=O)N1CCC[C@@H](C(=O)Nc2ccc(-c3cc(=O)[nH][nH]3)cc2)C1. The Balaban J connectivity index is 1.60. The largest absolute Gasteiger partial charge is 0.450 e. The van der Waals surface area contributed by atoms with Crippen LogP contribution in [-0.4, -0.2) is 46.8 Å². The highest BCUT2D eigenvalue weighted by atomic mass is 16.6. The third-order valence-corrected chi connectivity index (χ3v) is 4.38. The van der Waals surface area contributed by atoms with Crippen LogP contribution in [0.25, 0.3) is 11.3 Å². The fourth-order valence-corrected chi connectivity index (χ4v) is 3.04. The fourth-order valence-electron chi connectivity index (χ4n) is 3.04. The number of nitrogens with zero attached hydrogens (tertiary/aromatic N) is 1. The molecule has 8 nitrogen and oxygen atoms in total. The van der Waals surface area contributed by atoms with Gasteiger partial charge in [-0.3, -0.25) is 19.8 Å². The molecule has 0 bridgehead atoms. The van der Waals surface area contributed by atoms with E-state index in [1.54, 1.807) is 24.0 Å². The molecule has 2 aromatic rings. The van der Waals surface area contributed by atoms with Crippen LogP contribution in [0.1, 0.15) is 19.8 Å². The van der Waals surface area contributed by atoms with Gasteiger partial charge in [0.1, 0.15) is 0 Å². The Morgan fingerprint density at radius 3 is 2.69 bits per heavy atom. The number of hydrogen-bond donors (Lipinski definition) is 3. The molecule has 1 aromatic heterocycles. The second-order valence-corrected chi connectivity index (χ2v) is 6.22. The second kappa shape index (κ2) is 7.90. The predicted octanol–water partition coefficient (Wildman–Crippen LogP) is 2.18. The Hall–Kier alpha value is -3.03. The first-order chi connectivity index (χ1) is 12.6. The first kappa shape index (κ1) is 17.8. The quantitative estimate of drug-likeness (QED) is 0.778. The number of H-pyrrole nitrogens is 2. The molecule has 0 saturated carbocycles. The van der Waals surface area contributed by atoms with Gasteiger partial charge >= 0.3 is 6.09 Å². The average molecular weight is 358 g/mol. The number of piperidine rings is 1. The van der Waals surface area contributed by atoms with Gasteiger partial charge in [-0.15, -0.1) is 0 Å². The molecule has 26 heavy (non-hydrogen) atoms. The van der Waals surface area contributed by atoms with Gasteiger partial charge in [-0.2, -0.15) is 0 Å². The highest BCUT2D eigenvalue weighted by Gasteiger charge is 2.29. The summed E-state index contributed by atoms with van der Waals surface area (Å²) in [6, 6.07) is 8.68. The topological polar surface area (TPSA) is 107 Å². The summed E-state index contributed by atoms with van der Waals surface area (Å²) in [5.74, 6) is -0.365. The van der Waals surface area contributed by atoms with E-state index in [9.17, 15) is 14.4 Å². The minimum atomic E-state index is -0.366. The van der Waals surface area contributed by atoms with Crippen molar-refractivity contribution in [1.82, 2.24) is 15.1 Å². The van der Waals surface area contributed by atoms with Crippen LogP contribution in [0.5, 0.6) is 0 Å². The Kier molecular flexibility index (Phi) is 5.40. The monoisotopic (exact) mass is 358 g/mol. The van der Waals surface area contributed by atoms with Crippen molar-refractivity contribution >= 4 is 17.7 Å². The molecule has 1 atom stereocenters. The summed E-state index contributed by atoms with van der Waals surface area (Å²) in [4.78, 5) is 37.1. The van der Waals surface area contributed by atoms with Gasteiger partial charge in [-0.25, -0.2) is 4.79 Å². The maximum atomic E-state index is 12.5. The van der Waals surface area contributed by atoms with Crippen molar-refractivity contribution in [3.05, 3.63) is 40.7 Å². The van der Waals surface area contributed by atoms with Gasteiger partial charge in [-0.1, -0.05) is 12.1 Å². The zero-order valence-electron chi connectivity index (χ0n) is 14.6. The van der Waals surface area contributed by atoms with Gasteiger partial charge in [0.25, 0.3) is 5.56 Å². The third-order valence-electron chi connectivity index (χ3n) is 4.38. The molecule has 2 heterocycles. The number of rotatable bonds is 4. The fraction of sp³-hybridized carbons (Fsp3) is 0.389. The molecule has 1 fully saturated rings. The van der Waals surface area contributed by atoms with Gasteiger partial charge in [0.15, 0.2) is 0 Å². The number of aromatic amines is 2. The standard InChI is InChI=1S/C18H22N4O4/c1-2-26-18(25)22-9-3-4-13(11-22)17(24)19-14-7-5-12(6-8-14)15-10-16(23)21-20-15/h5-8,10,13H,2-4,9,11H2,1H3,(H,19,24)(H2,20,21,23)/t13-/m1/s1. The second-order valence-electron chi connectivity index (χ2n) is 6.22. The van der Waals surface area contributed by atoms with Crippen molar-refractivity contribution in [1.29, 1.82) is 0 Å². The van der Waals surface area contributed by atoms with E-state index in [0.29, 0.717) is 31.1 Å². The maximum Gasteiger partial charge on any atom is 0.409 e. The van der Waals surface area contributed by atoms with Gasteiger partial charge in [0.05, 0.1) is 18.2 Å². The summed E-state index contributed by atoms with van der Waals surface area (Å²) in [7, 11) is 0. The first-order valence-corrected chi connectivity index (χ1v) is 8.67. The molecule has 3 rings (SSSR count). The van der Waals surface area contributed by atoms with Gasteiger partial charge < -0.3 is 15.0 Å². The van der Waals surface area contributed by atoms with Crippen LogP contribution in [0, 0.1) is 5.92 Å². The lowest BCUT2D eigenvalue weighted by Gasteiger charge is -2.31. The normalized spacial score (nSPS) is 17.0. The first-order valence-electron chi connectivity index (χ1n) is 8.67. The van der Waals surface area contributed by atoms with E-state index >= 15 is 0 Å². The van der Waals surface area contributed by atoms with Crippen molar-refractivity contribution in [2.24, 2.45) is 5.92 Å². The molecule has 2 amide bonds. The molecule has 1 saturated heterocycles. The minimum absolute atomic E-state index is 0.109. The average Bonchev–Trinajstić information content (AvgIpc) is 3.09. The van der Waals surface area contributed by atoms with E-state index in [4.69, 9.17) is 4.74 Å². The number of likely N-dealkylation sites (tertiary alicyclic amines) is 1. The van der Waals surface area contributed by atoms with E-state index < -0.39 is 0 Å². The summed E-state index contributed by atoms with van der Waals surface area (Å²) >= 11 is 0. The molecule has 1 aromatic carbocycles. The molecule has 0 unspecified atom stereocenters. The maximum absolute atomic E-state index is 12.5. The zero-order chi connectivity index (χ0) is 18.5. The number of ether oxygens (including phenoxy) is 1. The number of aromatic nitrogens is 2. The van der Waals surface area contributed by atoms with Crippen molar-refractivity contribution in [2.75, 3.05) is 25.0 Å². The Bertz CT molecular complexity index is 824. The van der Waals surface area contributed by atoms with Crippen LogP contribution in [0.15, 0.2) is 35.1 Å². The number of carbonyl (C=O) groups is 2. The number of carbonyl (C=O) groups excluding carboxylic acids is 2. The van der Waals surface area contributed by atoms with Crippen molar-refractivity contribution in [2.45, 2.75) is 19.8 Å². The van der Waals surface area contributed by atoms with Crippen LogP contribution in [0.2, 0.25) is 0 Å². The van der Waals surface area contributed by atoms with E-state index in [1.807, 2.05) is 12.1 Å². The van der Waals surface area contributed by atoms with Crippen molar-refractivity contribution in [3.8, 4) is 11.3 Å². The van der Waals surface area contributed by atoms with E-state index in [0.717, 1.165) is 18.4 Å². The summed E-state index contributed by atoms with van der Waals surface area (Å²) in [6.45, 7) is 3.07. The smallest absolute Gasteiger partial charge is 0.409 e. The summed E-state index contributed by atoms with van der Waals surface area (Å²) in [6.07, 6.45) is 1.15. The Morgan fingerprint density at radius 2 is 2.04 bits per heavy atom. The summed E-state index contributed by atoms with van der Waals surface area (Å²) in [5.41, 5.74) is 2.00. The van der Waals surface area contributed by atoms with Crippen molar-refractivity contribution in [3.63, 3.8) is 0 Å². The number of amides is 2. The minimum Gasteiger partial charge on any atom is -0.450 e. The third kappa shape index (κ3) is 4.14. The lowest BCUT2D eigenvalue weighted by atomic mass is 9.97. The number of hydrogen-bond acceptors (Lipinski definition) is 4. The van der Waals surface area contributed by atoms with Gasteiger partial charge in [0.2, 0.25) is 5.91 Å². The number of anilines is 1. The van der Waals surface area contributed by atoms with Crippen LogP contribution in [0.3, 0.4) is 0 Å². The predicted molar refractivity (Wildman–Crippen MR) is 96.8 cm³/mol. The molecule has 8 heteroatoms. The molecule has 1 aliphatic heterocycles. The van der Waals surface area contributed by atoms with Crippen LogP contribution in [0.4, 0.5) is 10.5 Å². The highest BCUT2D eigenvalue weighted by molar-refractivity contribution is 5.93. The molecule has 0 radical (unpaired) electrons. The Morgan fingerprint density at radius 1 is 1.27 bits per heavy atom. The van der Waals surface area contributed by atoms with Crippen LogP contribution < -0.4 is 10.9 Å². The zero-order valence-corrected chi connectivity index (χ0v) is 14.6. The molecular weight excluding hydrogens is 336 g/mol. The van der Waals surface area contributed by atoms with Gasteiger partial charge in [0, 0.05) is 24.8 Å². The molecule has 3 N–H and O–H groups in total. The van der Waals surface area contributed by atoms with Gasteiger partial charge in [-0.05, 0) is 37.5 Å². The number of nitrogens with one attached hydrogen (secondary N) is 3. The summed E-state index contributed by atoms with van der Waals surface area (Å²) in [5, 5.41) is 8.16. The van der Waals surface area contributed by atoms with Crippen LogP contribution >= 0.6 is 0 Å². The van der Waals surface area contributed by atoms with Crippen LogP contribution in [-0.2, 0) is 9.53 Å². The number of benzene rings is 1. The highest BCUT2D eigenvalue weighted by Crippen LogP contribution is 2.21. The molecule has 1 aliphatic rings. The van der Waals surface area contributed by atoms with E-state index in [-0.39, 0.29) is 23.5 Å². The van der Waals surface area contributed by atoms with Crippen molar-refractivity contribution < 1.29 is 14.3 Å². The summed E-state index contributed by atoms with van der Waals surface area (Å²) < 4.78 is 5.01. The molecule has 138 valence electrons. The molecule has 0 aliphatic carbocycles. The Labute approximate surface area is 150 Å². The molecule has 0 spiro atoms. The lowest BCUT2D eigenvalue weighted by molar-refractivity contribution is -0.121. The lowest BCUT2D eigenvalue weighted by Crippen LogP contribution is -2.44.